The fourth-order valence-corrected chi connectivity index (χ4v) is 1.93. The predicted molar refractivity (Wildman–Crippen MR) is 66.2 cm³/mol. The van der Waals surface area contributed by atoms with Crippen molar-refractivity contribution in [1.29, 1.82) is 0 Å². The third kappa shape index (κ3) is 3.70. The van der Waals surface area contributed by atoms with Crippen molar-refractivity contribution in [3.63, 3.8) is 0 Å². The average Bonchev–Trinajstić information content (AvgIpc) is 2.61. The molecule has 2 amide bonds. The van der Waals surface area contributed by atoms with E-state index in [1.54, 1.807) is 4.90 Å². The summed E-state index contributed by atoms with van der Waals surface area (Å²) in [6.07, 6.45) is 0.808. The van der Waals surface area contributed by atoms with Crippen LogP contribution in [0.2, 0.25) is 0 Å². The molecule has 1 aliphatic rings. The third-order valence-corrected chi connectivity index (χ3v) is 3.11. The van der Waals surface area contributed by atoms with Crippen LogP contribution in [-0.4, -0.2) is 41.9 Å². The summed E-state index contributed by atoms with van der Waals surface area (Å²) in [5, 5.41) is 2.83. The fourth-order valence-electron chi connectivity index (χ4n) is 1.93. The van der Waals surface area contributed by atoms with Gasteiger partial charge in [-0.25, -0.2) is 0 Å². The first kappa shape index (κ1) is 14.0. The van der Waals surface area contributed by atoms with E-state index >= 15 is 0 Å². The Morgan fingerprint density at radius 1 is 1.41 bits per heavy atom. The summed E-state index contributed by atoms with van der Waals surface area (Å²) < 4.78 is 0. The minimum atomic E-state index is -0.487. The fraction of sp³-hybridized carbons (Fsp3) is 0.833. The first-order valence-corrected chi connectivity index (χ1v) is 6.03. The lowest BCUT2D eigenvalue weighted by atomic mass is 9.86. The van der Waals surface area contributed by atoms with Crippen molar-refractivity contribution in [1.82, 2.24) is 10.2 Å². The van der Waals surface area contributed by atoms with Gasteiger partial charge in [-0.1, -0.05) is 20.8 Å². The van der Waals surface area contributed by atoms with Gasteiger partial charge in [-0.2, -0.15) is 0 Å². The van der Waals surface area contributed by atoms with Crippen LogP contribution in [0.3, 0.4) is 0 Å². The lowest BCUT2D eigenvalue weighted by Gasteiger charge is -2.29. The van der Waals surface area contributed by atoms with E-state index in [2.05, 4.69) is 5.32 Å². The maximum atomic E-state index is 12.1. The van der Waals surface area contributed by atoms with Gasteiger partial charge >= 0.3 is 0 Å². The van der Waals surface area contributed by atoms with Gasteiger partial charge < -0.3 is 16.0 Å². The second-order valence-electron chi connectivity index (χ2n) is 5.81. The van der Waals surface area contributed by atoms with E-state index in [-0.39, 0.29) is 23.3 Å². The molecule has 1 heterocycles. The number of rotatable bonds is 2. The zero-order valence-electron chi connectivity index (χ0n) is 11.1. The molecule has 0 spiro atoms. The predicted octanol–water partition coefficient (Wildman–Crippen LogP) is 0.0968. The molecule has 1 rings (SSSR count). The van der Waals surface area contributed by atoms with Crippen LogP contribution in [0.15, 0.2) is 0 Å². The number of carbonyl (C=O) groups excluding carboxylic acids is 2. The summed E-state index contributed by atoms with van der Waals surface area (Å²) in [6, 6.07) is -0.415. The Morgan fingerprint density at radius 3 is 2.47 bits per heavy atom. The molecule has 5 heteroatoms. The van der Waals surface area contributed by atoms with Crippen molar-refractivity contribution in [3.8, 4) is 0 Å². The maximum absolute atomic E-state index is 12.1. The largest absolute Gasteiger partial charge is 0.352 e. The van der Waals surface area contributed by atoms with Gasteiger partial charge in [-0.3, -0.25) is 9.59 Å². The maximum Gasteiger partial charge on any atom is 0.240 e. The van der Waals surface area contributed by atoms with Gasteiger partial charge in [0.05, 0.1) is 6.04 Å². The molecule has 0 aromatic rings. The molecule has 3 N–H and O–H groups in total. The van der Waals surface area contributed by atoms with Gasteiger partial charge in [0.2, 0.25) is 11.8 Å². The molecular weight excluding hydrogens is 218 g/mol. The Morgan fingerprint density at radius 2 is 2.00 bits per heavy atom. The van der Waals surface area contributed by atoms with Crippen LogP contribution < -0.4 is 11.1 Å². The summed E-state index contributed by atoms with van der Waals surface area (Å²) in [5.74, 6) is -0.0743. The molecule has 17 heavy (non-hydrogen) atoms. The van der Waals surface area contributed by atoms with Crippen LogP contribution in [0, 0.1) is 5.41 Å². The number of nitrogens with two attached hydrogens (primary N) is 1. The summed E-state index contributed by atoms with van der Waals surface area (Å²) in [5.41, 5.74) is 5.71. The molecule has 5 nitrogen and oxygen atoms in total. The van der Waals surface area contributed by atoms with Crippen LogP contribution in [0.5, 0.6) is 0 Å². The monoisotopic (exact) mass is 241 g/mol. The smallest absolute Gasteiger partial charge is 0.240 e. The highest BCUT2D eigenvalue weighted by Gasteiger charge is 2.34. The van der Waals surface area contributed by atoms with E-state index in [4.69, 9.17) is 5.73 Å². The highest BCUT2D eigenvalue weighted by molar-refractivity contribution is 5.83. The Hall–Kier alpha value is -1.10. The molecule has 0 saturated carbocycles. The second kappa shape index (κ2) is 5.04. The van der Waals surface area contributed by atoms with Crippen molar-refractivity contribution in [2.75, 3.05) is 13.1 Å². The van der Waals surface area contributed by atoms with Gasteiger partial charge in [0, 0.05) is 26.1 Å². The van der Waals surface area contributed by atoms with Crippen molar-refractivity contribution in [3.05, 3.63) is 0 Å². The molecular formula is C12H23N3O2. The Balaban J connectivity index is 2.54. The second-order valence-corrected chi connectivity index (χ2v) is 5.81. The minimum absolute atomic E-state index is 0.0228. The number of likely N-dealkylation sites (tertiary alicyclic amines) is 1. The SMILES string of the molecule is CC(=O)NC1CCN(C(=O)C(N)C(C)(C)C)C1. The van der Waals surface area contributed by atoms with Gasteiger partial charge in [0.25, 0.3) is 0 Å². The first-order valence-electron chi connectivity index (χ1n) is 6.03. The quantitative estimate of drug-likeness (QED) is 0.720. The Bertz CT molecular complexity index is 309. The molecule has 2 unspecified atom stereocenters. The number of amides is 2. The lowest BCUT2D eigenvalue weighted by molar-refractivity contribution is -0.134. The van der Waals surface area contributed by atoms with E-state index in [0.717, 1.165) is 6.42 Å². The highest BCUT2D eigenvalue weighted by atomic mass is 16.2. The minimum Gasteiger partial charge on any atom is -0.352 e. The number of hydrogen-bond donors (Lipinski definition) is 2. The molecule has 0 aliphatic carbocycles. The van der Waals surface area contributed by atoms with Gasteiger partial charge in [0.15, 0.2) is 0 Å². The normalized spacial score (nSPS) is 22.4. The van der Waals surface area contributed by atoms with Crippen LogP contribution in [0.1, 0.15) is 34.1 Å². The number of carbonyl (C=O) groups is 2. The molecule has 1 saturated heterocycles. The van der Waals surface area contributed by atoms with Crippen LogP contribution in [0.25, 0.3) is 0 Å². The van der Waals surface area contributed by atoms with Crippen molar-refractivity contribution in [2.24, 2.45) is 11.1 Å². The third-order valence-electron chi connectivity index (χ3n) is 3.11. The molecule has 0 aromatic carbocycles. The molecule has 1 fully saturated rings. The van der Waals surface area contributed by atoms with E-state index in [0.29, 0.717) is 13.1 Å². The van der Waals surface area contributed by atoms with Gasteiger partial charge in [-0.15, -0.1) is 0 Å². The zero-order valence-corrected chi connectivity index (χ0v) is 11.1. The molecule has 0 aromatic heterocycles. The lowest BCUT2D eigenvalue weighted by Crippen LogP contribution is -2.50. The molecule has 1 aliphatic heterocycles. The summed E-state index contributed by atoms with van der Waals surface area (Å²) in [4.78, 5) is 24.8. The van der Waals surface area contributed by atoms with Crippen molar-refractivity contribution >= 4 is 11.8 Å². The molecule has 0 bridgehead atoms. The number of nitrogens with one attached hydrogen (secondary N) is 1. The number of nitrogens with zero attached hydrogens (tertiary/aromatic N) is 1. The summed E-state index contributed by atoms with van der Waals surface area (Å²) in [7, 11) is 0. The zero-order chi connectivity index (χ0) is 13.2. The van der Waals surface area contributed by atoms with Crippen molar-refractivity contribution in [2.45, 2.75) is 46.2 Å². The summed E-state index contributed by atoms with van der Waals surface area (Å²) >= 11 is 0. The van der Waals surface area contributed by atoms with Crippen LogP contribution >= 0.6 is 0 Å². The van der Waals surface area contributed by atoms with Gasteiger partial charge in [0.1, 0.15) is 0 Å². The van der Waals surface area contributed by atoms with Crippen LogP contribution in [-0.2, 0) is 9.59 Å². The van der Waals surface area contributed by atoms with E-state index in [9.17, 15) is 9.59 Å². The van der Waals surface area contributed by atoms with Crippen LogP contribution in [0.4, 0.5) is 0 Å². The average molecular weight is 241 g/mol. The molecule has 2 atom stereocenters. The van der Waals surface area contributed by atoms with Gasteiger partial charge in [-0.05, 0) is 11.8 Å². The van der Waals surface area contributed by atoms with E-state index < -0.39 is 6.04 Å². The topological polar surface area (TPSA) is 75.4 Å². The molecule has 98 valence electrons. The Kier molecular flexibility index (Phi) is 4.14. The standard InChI is InChI=1S/C12H23N3O2/c1-8(16)14-9-5-6-15(7-9)11(17)10(13)12(2,3)4/h9-10H,5-7,13H2,1-4H3,(H,14,16). The van der Waals surface area contributed by atoms with Crippen molar-refractivity contribution < 1.29 is 9.59 Å². The first-order chi connectivity index (χ1) is 7.71. The summed E-state index contributed by atoms with van der Waals surface area (Å²) in [6.45, 7) is 8.60. The highest BCUT2D eigenvalue weighted by Crippen LogP contribution is 2.21. The van der Waals surface area contributed by atoms with E-state index in [1.807, 2.05) is 20.8 Å². The Labute approximate surface area is 103 Å². The number of hydrogen-bond acceptors (Lipinski definition) is 3. The van der Waals surface area contributed by atoms with E-state index in [1.165, 1.54) is 6.92 Å². The molecule has 0 radical (unpaired) electrons.